The summed E-state index contributed by atoms with van der Waals surface area (Å²) in [5.74, 6) is -0.479. The normalized spacial score (nSPS) is 10.0. The molecule has 1 aromatic rings. The van der Waals surface area contributed by atoms with E-state index < -0.39 is 5.95 Å². The van der Waals surface area contributed by atoms with Crippen LogP contribution in [0.5, 0.6) is 0 Å². The minimum atomic E-state index is -0.479. The number of aromatic nitrogens is 1. The van der Waals surface area contributed by atoms with E-state index in [-0.39, 0.29) is 6.61 Å². The number of unbranched alkanes of at least 4 members (excludes halogenated alkanes) is 1. The van der Waals surface area contributed by atoms with Crippen LogP contribution in [0.4, 0.5) is 10.1 Å². The summed E-state index contributed by atoms with van der Waals surface area (Å²) < 4.78 is 12.6. The molecule has 72 valence electrons. The van der Waals surface area contributed by atoms with Crippen molar-refractivity contribution in [3.8, 4) is 0 Å². The van der Waals surface area contributed by atoms with Crippen LogP contribution in [0.2, 0.25) is 0 Å². The van der Waals surface area contributed by atoms with Gasteiger partial charge in [0.05, 0.1) is 0 Å². The Hall–Kier alpha value is -1.16. The molecule has 1 heterocycles. The first kappa shape index (κ1) is 9.92. The largest absolute Gasteiger partial charge is 0.396 e. The molecule has 0 amide bonds. The number of pyridine rings is 1. The lowest BCUT2D eigenvalue weighted by atomic mass is 10.3. The summed E-state index contributed by atoms with van der Waals surface area (Å²) in [6, 6.07) is 3.06. The van der Waals surface area contributed by atoms with Crippen molar-refractivity contribution in [2.45, 2.75) is 12.8 Å². The lowest BCUT2D eigenvalue weighted by Crippen LogP contribution is -2.02. The smallest absolute Gasteiger partial charge is 0.214 e. The summed E-state index contributed by atoms with van der Waals surface area (Å²) in [7, 11) is 0. The molecule has 0 aliphatic carbocycles. The summed E-state index contributed by atoms with van der Waals surface area (Å²) in [6.45, 7) is 0.941. The van der Waals surface area contributed by atoms with Crippen LogP contribution < -0.4 is 5.32 Å². The zero-order chi connectivity index (χ0) is 9.52. The van der Waals surface area contributed by atoms with Crippen molar-refractivity contribution >= 4 is 5.69 Å². The fraction of sp³-hybridized carbons (Fsp3) is 0.444. The third-order valence-electron chi connectivity index (χ3n) is 1.64. The fourth-order valence-electron chi connectivity index (χ4n) is 0.982. The minimum absolute atomic E-state index is 0.201. The van der Waals surface area contributed by atoms with Crippen LogP contribution in [0.3, 0.4) is 0 Å². The van der Waals surface area contributed by atoms with Gasteiger partial charge in [-0.1, -0.05) is 0 Å². The molecule has 3 nitrogen and oxygen atoms in total. The predicted octanol–water partition coefficient (Wildman–Crippen LogP) is 1.41. The van der Waals surface area contributed by atoms with Crippen LogP contribution in [0.1, 0.15) is 12.8 Å². The van der Waals surface area contributed by atoms with E-state index in [4.69, 9.17) is 5.11 Å². The van der Waals surface area contributed by atoms with E-state index in [1.54, 1.807) is 6.07 Å². The van der Waals surface area contributed by atoms with Gasteiger partial charge in [-0.05, 0) is 18.9 Å². The van der Waals surface area contributed by atoms with Gasteiger partial charge in [0.15, 0.2) is 0 Å². The van der Waals surface area contributed by atoms with Crippen molar-refractivity contribution < 1.29 is 9.50 Å². The molecule has 0 bridgehead atoms. The summed E-state index contributed by atoms with van der Waals surface area (Å²) in [5, 5.41) is 11.5. The Morgan fingerprint density at radius 1 is 1.46 bits per heavy atom. The van der Waals surface area contributed by atoms with Crippen molar-refractivity contribution in [1.29, 1.82) is 0 Å². The van der Waals surface area contributed by atoms with Crippen molar-refractivity contribution in [1.82, 2.24) is 4.98 Å². The highest BCUT2D eigenvalue weighted by atomic mass is 19.1. The van der Waals surface area contributed by atoms with Crippen LogP contribution in [-0.4, -0.2) is 23.2 Å². The molecule has 0 aliphatic rings. The first-order valence-corrected chi connectivity index (χ1v) is 4.29. The SMILES string of the molecule is OCCCCNc1ccnc(F)c1. The Morgan fingerprint density at radius 3 is 3.00 bits per heavy atom. The van der Waals surface area contributed by atoms with Crippen LogP contribution in [0, 0.1) is 5.95 Å². The number of aliphatic hydroxyl groups excluding tert-OH is 1. The highest BCUT2D eigenvalue weighted by Gasteiger charge is 1.94. The maximum atomic E-state index is 12.6. The Balaban J connectivity index is 2.28. The third kappa shape index (κ3) is 3.85. The van der Waals surface area contributed by atoms with E-state index in [0.717, 1.165) is 25.1 Å². The molecule has 4 heteroatoms. The molecule has 1 aromatic heterocycles. The monoisotopic (exact) mass is 184 g/mol. The molecule has 0 fully saturated rings. The number of aliphatic hydroxyl groups is 1. The quantitative estimate of drug-likeness (QED) is 0.537. The summed E-state index contributed by atoms with van der Waals surface area (Å²) in [4.78, 5) is 3.44. The van der Waals surface area contributed by atoms with Crippen LogP contribution >= 0.6 is 0 Å². The predicted molar refractivity (Wildman–Crippen MR) is 49.0 cm³/mol. The number of rotatable bonds is 5. The average Bonchev–Trinajstić information content (AvgIpc) is 2.13. The fourth-order valence-corrected chi connectivity index (χ4v) is 0.982. The van der Waals surface area contributed by atoms with Crippen molar-refractivity contribution in [2.75, 3.05) is 18.5 Å². The number of anilines is 1. The first-order valence-electron chi connectivity index (χ1n) is 4.29. The van der Waals surface area contributed by atoms with Crippen LogP contribution in [-0.2, 0) is 0 Å². The van der Waals surface area contributed by atoms with E-state index in [9.17, 15) is 4.39 Å². The lowest BCUT2D eigenvalue weighted by molar-refractivity contribution is 0.286. The lowest BCUT2D eigenvalue weighted by Gasteiger charge is -2.04. The molecular formula is C9H13FN2O. The second-order valence-corrected chi connectivity index (χ2v) is 2.72. The maximum absolute atomic E-state index is 12.6. The van der Waals surface area contributed by atoms with Gasteiger partial charge in [-0.25, -0.2) is 4.98 Å². The van der Waals surface area contributed by atoms with Crippen molar-refractivity contribution in [3.05, 3.63) is 24.3 Å². The Morgan fingerprint density at radius 2 is 2.31 bits per heavy atom. The number of hydrogen-bond acceptors (Lipinski definition) is 3. The van der Waals surface area contributed by atoms with Crippen LogP contribution in [0.25, 0.3) is 0 Å². The molecule has 0 radical (unpaired) electrons. The minimum Gasteiger partial charge on any atom is -0.396 e. The molecular weight excluding hydrogens is 171 g/mol. The zero-order valence-electron chi connectivity index (χ0n) is 7.33. The van der Waals surface area contributed by atoms with Crippen LogP contribution in [0.15, 0.2) is 18.3 Å². The van der Waals surface area contributed by atoms with Gasteiger partial charge in [0.2, 0.25) is 5.95 Å². The molecule has 0 spiro atoms. The van der Waals surface area contributed by atoms with E-state index in [1.807, 2.05) is 0 Å². The molecule has 0 aliphatic heterocycles. The van der Waals surface area contributed by atoms with E-state index >= 15 is 0 Å². The Labute approximate surface area is 76.6 Å². The average molecular weight is 184 g/mol. The summed E-state index contributed by atoms with van der Waals surface area (Å²) in [5.41, 5.74) is 0.727. The third-order valence-corrected chi connectivity index (χ3v) is 1.64. The van der Waals surface area contributed by atoms with Crippen molar-refractivity contribution in [2.24, 2.45) is 0 Å². The molecule has 13 heavy (non-hydrogen) atoms. The van der Waals surface area contributed by atoms with Gasteiger partial charge in [0.1, 0.15) is 0 Å². The Kier molecular flexibility index (Phi) is 4.18. The highest BCUT2D eigenvalue weighted by molar-refractivity contribution is 5.40. The first-order chi connectivity index (χ1) is 6.33. The molecule has 2 N–H and O–H groups in total. The van der Waals surface area contributed by atoms with Gasteiger partial charge in [0.25, 0.3) is 0 Å². The number of nitrogens with one attached hydrogen (secondary N) is 1. The van der Waals surface area contributed by atoms with E-state index in [1.165, 1.54) is 12.3 Å². The molecule has 0 saturated heterocycles. The van der Waals surface area contributed by atoms with Gasteiger partial charge in [-0.2, -0.15) is 4.39 Å². The van der Waals surface area contributed by atoms with Gasteiger partial charge >= 0.3 is 0 Å². The number of hydrogen-bond donors (Lipinski definition) is 2. The summed E-state index contributed by atoms with van der Waals surface area (Å²) >= 11 is 0. The molecule has 0 saturated carbocycles. The number of halogens is 1. The molecule has 0 unspecified atom stereocenters. The molecule has 0 atom stereocenters. The van der Waals surface area contributed by atoms with E-state index in [2.05, 4.69) is 10.3 Å². The van der Waals surface area contributed by atoms with Gasteiger partial charge in [-0.15, -0.1) is 0 Å². The van der Waals surface area contributed by atoms with Gasteiger partial charge < -0.3 is 10.4 Å². The van der Waals surface area contributed by atoms with Crippen molar-refractivity contribution in [3.63, 3.8) is 0 Å². The molecule has 1 rings (SSSR count). The number of nitrogens with zero attached hydrogens (tertiary/aromatic N) is 1. The molecule has 0 aromatic carbocycles. The standard InChI is InChI=1S/C9H13FN2O/c10-9-7-8(3-5-12-9)11-4-1-2-6-13/h3,5,7,13H,1-2,4,6H2,(H,11,12). The second kappa shape index (κ2) is 5.48. The van der Waals surface area contributed by atoms with Gasteiger partial charge in [0, 0.05) is 31.1 Å². The second-order valence-electron chi connectivity index (χ2n) is 2.72. The highest BCUT2D eigenvalue weighted by Crippen LogP contribution is 2.06. The van der Waals surface area contributed by atoms with Gasteiger partial charge in [-0.3, -0.25) is 0 Å². The van der Waals surface area contributed by atoms with E-state index in [0.29, 0.717) is 0 Å². The topological polar surface area (TPSA) is 45.1 Å². The Bertz CT molecular complexity index is 255. The zero-order valence-corrected chi connectivity index (χ0v) is 7.33. The summed E-state index contributed by atoms with van der Waals surface area (Å²) in [6.07, 6.45) is 3.06. The maximum Gasteiger partial charge on any atom is 0.214 e.